The summed E-state index contributed by atoms with van der Waals surface area (Å²) >= 11 is 1.77. The molecule has 4 heteroatoms. The normalized spacial score (nSPS) is 17.8. The Hall–Kier alpha value is -1.26. The second-order valence-electron chi connectivity index (χ2n) is 5.69. The Balaban J connectivity index is 1.91. The van der Waals surface area contributed by atoms with Crippen LogP contribution in [0, 0.1) is 12.7 Å². The third-order valence-electron chi connectivity index (χ3n) is 4.00. The molecule has 0 amide bonds. The van der Waals surface area contributed by atoms with Crippen LogP contribution in [0.15, 0.2) is 18.2 Å². The summed E-state index contributed by atoms with van der Waals surface area (Å²) in [6.45, 7) is 5.02. The summed E-state index contributed by atoms with van der Waals surface area (Å²) in [6, 6.07) is 5.66. The van der Waals surface area contributed by atoms with E-state index >= 15 is 0 Å². The molecule has 1 aliphatic carbocycles. The maximum atomic E-state index is 13.4. The van der Waals surface area contributed by atoms with Crippen molar-refractivity contribution >= 4 is 11.3 Å². The number of aryl methyl sites for hydroxylation is 2. The number of nitrogens with one attached hydrogen (secondary N) is 1. The summed E-state index contributed by atoms with van der Waals surface area (Å²) in [4.78, 5) is 6.25. The molecule has 0 saturated heterocycles. The third kappa shape index (κ3) is 3.01. The Morgan fingerprint density at radius 1 is 1.43 bits per heavy atom. The monoisotopic (exact) mass is 304 g/mol. The van der Waals surface area contributed by atoms with Crippen molar-refractivity contribution in [2.45, 2.75) is 45.6 Å². The number of fused-ring (bicyclic) bond motifs is 1. The molecular formula is C17H21FN2S. The Morgan fingerprint density at radius 3 is 3.05 bits per heavy atom. The molecule has 0 spiro atoms. The van der Waals surface area contributed by atoms with E-state index in [-0.39, 0.29) is 5.82 Å². The lowest BCUT2D eigenvalue weighted by Gasteiger charge is -2.22. The zero-order valence-electron chi connectivity index (χ0n) is 12.6. The molecule has 0 fully saturated rings. The van der Waals surface area contributed by atoms with Gasteiger partial charge in [0.1, 0.15) is 10.8 Å². The van der Waals surface area contributed by atoms with Gasteiger partial charge < -0.3 is 5.32 Å². The van der Waals surface area contributed by atoms with Crippen molar-refractivity contribution in [3.8, 4) is 10.6 Å². The molecule has 1 unspecified atom stereocenters. The van der Waals surface area contributed by atoms with Gasteiger partial charge >= 0.3 is 0 Å². The van der Waals surface area contributed by atoms with Gasteiger partial charge in [0.15, 0.2) is 0 Å². The fourth-order valence-corrected chi connectivity index (χ4v) is 4.00. The average molecular weight is 304 g/mol. The molecule has 0 bridgehead atoms. The highest BCUT2D eigenvalue weighted by atomic mass is 32.1. The minimum atomic E-state index is -0.150. The number of thiazole rings is 1. The predicted molar refractivity (Wildman–Crippen MR) is 86.2 cm³/mol. The van der Waals surface area contributed by atoms with Crippen LogP contribution in [0.5, 0.6) is 0 Å². The zero-order valence-corrected chi connectivity index (χ0v) is 13.4. The maximum Gasteiger partial charge on any atom is 0.126 e. The lowest BCUT2D eigenvalue weighted by molar-refractivity contribution is 0.454. The van der Waals surface area contributed by atoms with Crippen molar-refractivity contribution in [3.05, 3.63) is 40.2 Å². The number of benzene rings is 1. The third-order valence-corrected chi connectivity index (χ3v) is 5.18. The number of rotatable bonds is 4. The summed E-state index contributed by atoms with van der Waals surface area (Å²) < 4.78 is 13.4. The van der Waals surface area contributed by atoms with Gasteiger partial charge in [-0.3, -0.25) is 0 Å². The maximum absolute atomic E-state index is 13.4. The van der Waals surface area contributed by atoms with E-state index < -0.39 is 0 Å². The number of hydrogen-bond acceptors (Lipinski definition) is 3. The van der Waals surface area contributed by atoms with Gasteiger partial charge in [0.05, 0.1) is 11.7 Å². The van der Waals surface area contributed by atoms with E-state index in [1.807, 2.05) is 12.1 Å². The van der Waals surface area contributed by atoms with Crippen LogP contribution in [0.1, 0.15) is 48.4 Å². The van der Waals surface area contributed by atoms with Crippen LogP contribution in [0.4, 0.5) is 4.39 Å². The first-order valence-electron chi connectivity index (χ1n) is 7.68. The summed E-state index contributed by atoms with van der Waals surface area (Å²) in [7, 11) is 0. The van der Waals surface area contributed by atoms with Crippen molar-refractivity contribution in [2.24, 2.45) is 0 Å². The molecule has 0 saturated carbocycles. The van der Waals surface area contributed by atoms with E-state index in [0.29, 0.717) is 11.6 Å². The van der Waals surface area contributed by atoms with Gasteiger partial charge in [-0.2, -0.15) is 0 Å². The van der Waals surface area contributed by atoms with E-state index in [0.717, 1.165) is 30.0 Å². The Morgan fingerprint density at radius 2 is 2.29 bits per heavy atom. The number of nitrogens with zero attached hydrogens (tertiary/aromatic N) is 1. The first-order chi connectivity index (χ1) is 10.2. The van der Waals surface area contributed by atoms with Crippen LogP contribution < -0.4 is 5.32 Å². The smallest absolute Gasteiger partial charge is 0.126 e. The summed E-state index contributed by atoms with van der Waals surface area (Å²) in [5.74, 6) is -0.150. The molecule has 2 aromatic rings. The Bertz CT molecular complexity index is 636. The van der Waals surface area contributed by atoms with E-state index in [1.54, 1.807) is 18.3 Å². The highest BCUT2D eigenvalue weighted by Crippen LogP contribution is 2.37. The highest BCUT2D eigenvalue weighted by molar-refractivity contribution is 7.15. The molecule has 1 N–H and O–H groups in total. The summed E-state index contributed by atoms with van der Waals surface area (Å²) in [5, 5.41) is 4.62. The van der Waals surface area contributed by atoms with Gasteiger partial charge in [-0.1, -0.05) is 6.92 Å². The number of aromatic nitrogens is 1. The van der Waals surface area contributed by atoms with E-state index in [1.165, 1.54) is 29.5 Å². The van der Waals surface area contributed by atoms with Crippen molar-refractivity contribution in [1.29, 1.82) is 0 Å². The van der Waals surface area contributed by atoms with Gasteiger partial charge in [-0.15, -0.1) is 11.3 Å². The standard InChI is InChI=1S/C17H21FN2S/c1-3-9-19-14-5-4-6-15-16(14)20-17(21-15)12-7-8-13(18)11(2)10-12/h7-8,10,14,19H,3-6,9H2,1-2H3. The molecule has 112 valence electrons. The van der Waals surface area contributed by atoms with Crippen LogP contribution >= 0.6 is 11.3 Å². The van der Waals surface area contributed by atoms with Crippen LogP contribution in [-0.4, -0.2) is 11.5 Å². The highest BCUT2D eigenvalue weighted by Gasteiger charge is 2.24. The van der Waals surface area contributed by atoms with E-state index in [4.69, 9.17) is 4.98 Å². The minimum Gasteiger partial charge on any atom is -0.309 e. The van der Waals surface area contributed by atoms with Crippen molar-refractivity contribution < 1.29 is 4.39 Å². The van der Waals surface area contributed by atoms with Gasteiger partial charge in [-0.05, 0) is 62.9 Å². The lowest BCUT2D eigenvalue weighted by atomic mass is 9.97. The molecule has 0 aliphatic heterocycles. The van der Waals surface area contributed by atoms with Crippen molar-refractivity contribution in [1.82, 2.24) is 10.3 Å². The Kier molecular flexibility index (Phi) is 4.36. The van der Waals surface area contributed by atoms with E-state index in [9.17, 15) is 4.39 Å². The van der Waals surface area contributed by atoms with Crippen LogP contribution in [-0.2, 0) is 6.42 Å². The van der Waals surface area contributed by atoms with Gasteiger partial charge in [-0.25, -0.2) is 9.37 Å². The fraction of sp³-hybridized carbons (Fsp3) is 0.471. The first kappa shape index (κ1) is 14.7. The molecule has 0 radical (unpaired) electrons. The summed E-state index contributed by atoms with van der Waals surface area (Å²) in [5.41, 5.74) is 2.93. The minimum absolute atomic E-state index is 0.150. The van der Waals surface area contributed by atoms with Gasteiger partial charge in [0, 0.05) is 10.4 Å². The largest absolute Gasteiger partial charge is 0.309 e. The molecule has 3 rings (SSSR count). The molecular weight excluding hydrogens is 283 g/mol. The number of hydrogen-bond donors (Lipinski definition) is 1. The second-order valence-corrected chi connectivity index (χ2v) is 6.77. The molecule has 1 aromatic heterocycles. The quantitative estimate of drug-likeness (QED) is 0.890. The molecule has 1 aliphatic rings. The molecule has 21 heavy (non-hydrogen) atoms. The summed E-state index contributed by atoms with van der Waals surface area (Å²) in [6.07, 6.45) is 4.65. The van der Waals surface area contributed by atoms with Crippen LogP contribution in [0.25, 0.3) is 10.6 Å². The van der Waals surface area contributed by atoms with Crippen molar-refractivity contribution in [2.75, 3.05) is 6.54 Å². The SMILES string of the molecule is CCCNC1CCCc2sc(-c3ccc(F)c(C)c3)nc21. The van der Waals surface area contributed by atoms with Crippen LogP contribution in [0.2, 0.25) is 0 Å². The predicted octanol–water partition coefficient (Wildman–Crippen LogP) is 4.63. The van der Waals surface area contributed by atoms with Crippen LogP contribution in [0.3, 0.4) is 0 Å². The average Bonchev–Trinajstić information content (AvgIpc) is 2.92. The Labute approximate surface area is 129 Å². The molecule has 1 atom stereocenters. The topological polar surface area (TPSA) is 24.9 Å². The molecule has 1 heterocycles. The van der Waals surface area contributed by atoms with E-state index in [2.05, 4.69) is 12.2 Å². The van der Waals surface area contributed by atoms with Crippen molar-refractivity contribution in [3.63, 3.8) is 0 Å². The molecule has 1 aromatic carbocycles. The van der Waals surface area contributed by atoms with Gasteiger partial charge in [0.2, 0.25) is 0 Å². The zero-order chi connectivity index (χ0) is 14.8. The number of halogens is 1. The second kappa shape index (κ2) is 6.24. The molecule has 2 nitrogen and oxygen atoms in total. The lowest BCUT2D eigenvalue weighted by Crippen LogP contribution is -2.25. The van der Waals surface area contributed by atoms with Gasteiger partial charge in [0.25, 0.3) is 0 Å². The first-order valence-corrected chi connectivity index (χ1v) is 8.50. The fourth-order valence-electron chi connectivity index (χ4n) is 2.84.